The zero-order chi connectivity index (χ0) is 23.2. The monoisotopic (exact) mass is 464 g/mol. The molecule has 2 aromatic carbocycles. The van der Waals surface area contributed by atoms with Crippen LogP contribution in [0.3, 0.4) is 0 Å². The van der Waals surface area contributed by atoms with Gasteiger partial charge in [-0.3, -0.25) is 4.79 Å². The molecule has 0 bridgehead atoms. The second-order valence-corrected chi connectivity index (χ2v) is 9.63. The second-order valence-electron chi connectivity index (χ2n) is 8.75. The van der Waals surface area contributed by atoms with Gasteiger partial charge in [0.1, 0.15) is 0 Å². The van der Waals surface area contributed by atoms with Crippen LogP contribution < -0.4 is 16.4 Å². The van der Waals surface area contributed by atoms with Crippen LogP contribution in [-0.2, 0) is 11.2 Å². The van der Waals surface area contributed by atoms with Crippen molar-refractivity contribution < 1.29 is 9.90 Å². The largest absolute Gasteiger partial charge is 0.387 e. The molecule has 1 amide bonds. The molecule has 1 aliphatic rings. The summed E-state index contributed by atoms with van der Waals surface area (Å²) in [6, 6.07) is 18.3. The van der Waals surface area contributed by atoms with Gasteiger partial charge in [0, 0.05) is 23.2 Å². The maximum absolute atomic E-state index is 12.9. The molecule has 0 radical (unpaired) electrons. The number of thiazole rings is 1. The molecule has 1 aliphatic heterocycles. The minimum atomic E-state index is -0.488. The Morgan fingerprint density at radius 1 is 1.21 bits per heavy atom. The van der Waals surface area contributed by atoms with E-state index >= 15 is 0 Å². The lowest BCUT2D eigenvalue weighted by Gasteiger charge is -2.20. The minimum Gasteiger partial charge on any atom is -0.387 e. The Morgan fingerprint density at radius 3 is 2.64 bits per heavy atom. The zero-order valence-corrected chi connectivity index (χ0v) is 19.7. The van der Waals surface area contributed by atoms with E-state index in [0.717, 1.165) is 49.0 Å². The van der Waals surface area contributed by atoms with Crippen molar-refractivity contribution in [3.05, 3.63) is 76.8 Å². The molecular formula is C26H32N4O2S. The van der Waals surface area contributed by atoms with Gasteiger partial charge in [0.2, 0.25) is 5.91 Å². The molecule has 0 spiro atoms. The Bertz CT molecular complexity index is 1040. The number of benzene rings is 2. The van der Waals surface area contributed by atoms with Crippen molar-refractivity contribution in [2.45, 2.75) is 63.1 Å². The number of nitrogens with two attached hydrogens (primary N) is 1. The van der Waals surface area contributed by atoms with Gasteiger partial charge in [0.15, 0.2) is 5.13 Å². The number of nitrogens with one attached hydrogen (secondary N) is 2. The maximum Gasteiger partial charge on any atom is 0.233 e. The Labute approximate surface area is 199 Å². The van der Waals surface area contributed by atoms with Crippen LogP contribution in [0.5, 0.6) is 0 Å². The molecule has 5 N–H and O–H groups in total. The average Bonchev–Trinajstić information content (AvgIpc) is 3.48. The van der Waals surface area contributed by atoms with Crippen molar-refractivity contribution in [1.29, 1.82) is 0 Å². The van der Waals surface area contributed by atoms with Crippen molar-refractivity contribution in [3.63, 3.8) is 0 Å². The fourth-order valence-corrected chi connectivity index (χ4v) is 5.16. The second kappa shape index (κ2) is 10.9. The van der Waals surface area contributed by atoms with Crippen molar-refractivity contribution in [3.8, 4) is 0 Å². The average molecular weight is 465 g/mol. The lowest BCUT2D eigenvalue weighted by Crippen LogP contribution is -2.35. The number of aliphatic hydroxyl groups is 1. The van der Waals surface area contributed by atoms with E-state index in [1.54, 1.807) is 0 Å². The van der Waals surface area contributed by atoms with Crippen molar-refractivity contribution >= 4 is 28.1 Å². The minimum absolute atomic E-state index is 0.0508. The summed E-state index contributed by atoms with van der Waals surface area (Å²) in [6.07, 6.45) is 4.01. The van der Waals surface area contributed by atoms with Gasteiger partial charge in [-0.15, -0.1) is 11.3 Å². The molecule has 2 heterocycles. The van der Waals surface area contributed by atoms with E-state index in [-0.39, 0.29) is 17.9 Å². The summed E-state index contributed by atoms with van der Waals surface area (Å²) in [5.41, 5.74) is 9.45. The molecule has 7 heteroatoms. The SMILES string of the molecule is CCC[C@@H](C(=O)Nc1ccc(C[C@@H]2CC[C@H]([C@H](O)c3ccccc3)N2)cc1)c1csc(N)n1. The fraction of sp³-hybridized carbons (Fsp3) is 0.385. The number of anilines is 2. The van der Waals surface area contributed by atoms with Crippen molar-refractivity contribution in [2.24, 2.45) is 0 Å². The van der Waals surface area contributed by atoms with Crippen LogP contribution in [0.2, 0.25) is 0 Å². The molecule has 1 saturated heterocycles. The lowest BCUT2D eigenvalue weighted by molar-refractivity contribution is -0.117. The first-order chi connectivity index (χ1) is 16.0. The Kier molecular flexibility index (Phi) is 7.75. The molecule has 174 valence electrons. The first kappa shape index (κ1) is 23.4. The number of nitrogens with zero attached hydrogens (tertiary/aromatic N) is 1. The van der Waals surface area contributed by atoms with Gasteiger partial charge in [0.25, 0.3) is 0 Å². The van der Waals surface area contributed by atoms with Gasteiger partial charge in [0.05, 0.1) is 17.7 Å². The summed E-state index contributed by atoms with van der Waals surface area (Å²) in [6.45, 7) is 2.06. The number of nitrogen functional groups attached to an aromatic ring is 1. The molecule has 6 nitrogen and oxygen atoms in total. The Morgan fingerprint density at radius 2 is 1.97 bits per heavy atom. The summed E-state index contributed by atoms with van der Waals surface area (Å²) in [4.78, 5) is 17.2. The third-order valence-electron chi connectivity index (χ3n) is 6.29. The third kappa shape index (κ3) is 5.99. The van der Waals surface area contributed by atoms with Gasteiger partial charge >= 0.3 is 0 Å². The quantitative estimate of drug-likeness (QED) is 0.370. The first-order valence-electron chi connectivity index (χ1n) is 11.6. The predicted molar refractivity (Wildman–Crippen MR) is 134 cm³/mol. The highest BCUT2D eigenvalue weighted by atomic mass is 32.1. The molecule has 0 aliphatic carbocycles. The van der Waals surface area contributed by atoms with E-state index in [0.29, 0.717) is 11.2 Å². The lowest BCUT2D eigenvalue weighted by atomic mass is 9.99. The maximum atomic E-state index is 12.9. The van der Waals surface area contributed by atoms with Gasteiger partial charge in [-0.2, -0.15) is 0 Å². The smallest absolute Gasteiger partial charge is 0.233 e. The molecule has 0 unspecified atom stereocenters. The normalized spacial score (nSPS) is 19.8. The Hall–Kier alpha value is -2.74. The summed E-state index contributed by atoms with van der Waals surface area (Å²) in [5.74, 6) is -0.344. The van der Waals surface area contributed by atoms with Crippen molar-refractivity contribution in [1.82, 2.24) is 10.3 Å². The zero-order valence-electron chi connectivity index (χ0n) is 18.9. The van der Waals surface area contributed by atoms with Crippen LogP contribution in [0.4, 0.5) is 10.8 Å². The molecule has 1 fully saturated rings. The van der Waals surface area contributed by atoms with Crippen molar-refractivity contribution in [2.75, 3.05) is 11.1 Å². The summed E-state index contributed by atoms with van der Waals surface area (Å²) in [7, 11) is 0. The molecular weight excluding hydrogens is 432 g/mol. The summed E-state index contributed by atoms with van der Waals surface area (Å²) < 4.78 is 0. The first-order valence-corrected chi connectivity index (χ1v) is 12.5. The van der Waals surface area contributed by atoms with Crippen LogP contribution >= 0.6 is 11.3 Å². The molecule has 1 aromatic heterocycles. The number of amides is 1. The standard InChI is InChI=1S/C26H32N4O2S/c1-2-6-21(23-16-33-26(27)30-23)25(32)29-19-11-9-17(10-12-19)15-20-13-14-22(28-20)24(31)18-7-4-3-5-8-18/h3-5,7-12,16,20-22,24,28,31H,2,6,13-15H2,1H3,(H2,27,30)(H,29,32)/t20-,21+,22+,24+/m0/s1. The molecule has 4 atom stereocenters. The van der Waals surface area contributed by atoms with E-state index in [1.165, 1.54) is 16.9 Å². The highest BCUT2D eigenvalue weighted by Crippen LogP contribution is 2.28. The van der Waals surface area contributed by atoms with E-state index in [9.17, 15) is 9.90 Å². The van der Waals surface area contributed by atoms with Gasteiger partial charge in [-0.25, -0.2) is 4.98 Å². The number of hydrogen-bond donors (Lipinski definition) is 4. The van der Waals surface area contributed by atoms with E-state index in [1.807, 2.05) is 47.8 Å². The number of carbonyl (C=O) groups is 1. The van der Waals surface area contributed by atoms with Crippen LogP contribution in [-0.4, -0.2) is 28.1 Å². The number of rotatable bonds is 9. The summed E-state index contributed by atoms with van der Waals surface area (Å²) >= 11 is 1.36. The van der Waals surface area contributed by atoms with Gasteiger partial charge < -0.3 is 21.5 Å². The van der Waals surface area contributed by atoms with E-state index < -0.39 is 6.10 Å². The summed E-state index contributed by atoms with van der Waals surface area (Å²) in [5, 5.41) is 19.7. The van der Waals surface area contributed by atoms with Crippen LogP contribution in [0.25, 0.3) is 0 Å². The number of carbonyl (C=O) groups excluding carboxylic acids is 1. The van der Waals surface area contributed by atoms with Crippen LogP contribution in [0, 0.1) is 0 Å². The van der Waals surface area contributed by atoms with E-state index in [4.69, 9.17) is 5.73 Å². The number of aromatic nitrogens is 1. The van der Waals surface area contributed by atoms with E-state index in [2.05, 4.69) is 34.7 Å². The number of aliphatic hydroxyl groups excluding tert-OH is 1. The van der Waals surface area contributed by atoms with Crippen LogP contribution in [0.15, 0.2) is 60.0 Å². The predicted octanol–water partition coefficient (Wildman–Crippen LogP) is 4.64. The fourth-order valence-electron chi connectivity index (χ4n) is 4.54. The third-order valence-corrected chi connectivity index (χ3v) is 6.98. The Balaban J connectivity index is 1.31. The molecule has 0 saturated carbocycles. The van der Waals surface area contributed by atoms with Gasteiger partial charge in [-0.05, 0) is 48.9 Å². The molecule has 33 heavy (non-hydrogen) atoms. The molecule has 3 aromatic rings. The highest BCUT2D eigenvalue weighted by molar-refractivity contribution is 7.13. The highest BCUT2D eigenvalue weighted by Gasteiger charge is 2.30. The molecule has 4 rings (SSSR count). The topological polar surface area (TPSA) is 100 Å². The number of hydrogen-bond acceptors (Lipinski definition) is 6. The van der Waals surface area contributed by atoms with Gasteiger partial charge in [-0.1, -0.05) is 55.8 Å². The van der Waals surface area contributed by atoms with Crippen LogP contribution in [0.1, 0.15) is 61.4 Å².